The molecule has 0 aliphatic heterocycles. The molecule has 3 N–H and O–H groups in total. The van der Waals surface area contributed by atoms with Crippen LogP contribution in [-0.2, 0) is 0 Å². The van der Waals surface area contributed by atoms with Gasteiger partial charge >= 0.3 is 6.18 Å². The molecule has 0 heterocycles. The number of nitrogens with one attached hydrogen (secondary N) is 1. The third kappa shape index (κ3) is 12.2. The number of allylic oxidation sites excluding steroid dienone is 1. The summed E-state index contributed by atoms with van der Waals surface area (Å²) in [6.07, 6.45) is 3.88. The van der Waals surface area contributed by atoms with Gasteiger partial charge in [0.15, 0.2) is 0 Å². The molecule has 23 heavy (non-hydrogen) atoms. The van der Waals surface area contributed by atoms with Gasteiger partial charge in [0, 0.05) is 24.8 Å². The van der Waals surface area contributed by atoms with Crippen LogP contribution in [0.25, 0.3) is 0 Å². The van der Waals surface area contributed by atoms with Gasteiger partial charge in [0.2, 0.25) is 0 Å². The minimum absolute atomic E-state index is 0.111. The van der Waals surface area contributed by atoms with Crippen LogP contribution in [0.3, 0.4) is 0 Å². The standard InChI is InChI=1S/C17H32F3N3/c1-4-14(9-12-23-13-10-15(5-2)22-3)16(21)8-6-7-11-17(18,19)20/h6-7,13-16,22H,4-5,8-12,21H2,1-3H3/b7-6+,23-13?/t14?,15-,16?/m0/s1. The Morgan fingerprint density at radius 3 is 2.35 bits per heavy atom. The first-order chi connectivity index (χ1) is 10.8. The molecule has 0 radical (unpaired) electrons. The number of hydrogen-bond acceptors (Lipinski definition) is 3. The van der Waals surface area contributed by atoms with Gasteiger partial charge in [0.05, 0.1) is 6.42 Å². The minimum atomic E-state index is -4.14. The maximum atomic E-state index is 12.0. The molecule has 0 aromatic carbocycles. The number of nitrogens with zero attached hydrogens (tertiary/aromatic N) is 1. The second kappa shape index (κ2) is 12.5. The van der Waals surface area contributed by atoms with Crippen LogP contribution >= 0.6 is 0 Å². The highest BCUT2D eigenvalue weighted by atomic mass is 19.4. The first-order valence-corrected chi connectivity index (χ1v) is 8.46. The maximum absolute atomic E-state index is 12.0. The highest BCUT2D eigenvalue weighted by Gasteiger charge is 2.24. The summed E-state index contributed by atoms with van der Waals surface area (Å²) >= 11 is 0. The summed E-state index contributed by atoms with van der Waals surface area (Å²) < 4.78 is 36.1. The molecule has 0 spiro atoms. The minimum Gasteiger partial charge on any atom is -0.327 e. The molecule has 2 unspecified atom stereocenters. The molecule has 136 valence electrons. The highest BCUT2D eigenvalue weighted by Crippen LogP contribution is 2.20. The Hall–Kier alpha value is -0.880. The van der Waals surface area contributed by atoms with E-state index >= 15 is 0 Å². The van der Waals surface area contributed by atoms with E-state index in [1.54, 1.807) is 6.08 Å². The monoisotopic (exact) mass is 335 g/mol. The SMILES string of the molecule is CCC(CCN=CC[C@H](CC)NC)C(N)C/C=C/CC(F)(F)F. The first-order valence-electron chi connectivity index (χ1n) is 8.46. The fourth-order valence-electron chi connectivity index (χ4n) is 2.41. The smallest absolute Gasteiger partial charge is 0.327 e. The van der Waals surface area contributed by atoms with Gasteiger partial charge in [-0.3, -0.25) is 4.99 Å². The van der Waals surface area contributed by atoms with Crippen LogP contribution in [0.5, 0.6) is 0 Å². The molecular weight excluding hydrogens is 303 g/mol. The average Bonchev–Trinajstić information content (AvgIpc) is 2.50. The van der Waals surface area contributed by atoms with E-state index in [0.29, 0.717) is 12.5 Å². The van der Waals surface area contributed by atoms with Gasteiger partial charge in [0.1, 0.15) is 0 Å². The third-order valence-electron chi connectivity index (χ3n) is 4.10. The van der Waals surface area contributed by atoms with E-state index in [1.807, 2.05) is 13.3 Å². The van der Waals surface area contributed by atoms with Crippen LogP contribution in [0, 0.1) is 5.92 Å². The summed E-state index contributed by atoms with van der Waals surface area (Å²) in [6.45, 7) is 4.91. The van der Waals surface area contributed by atoms with Gasteiger partial charge in [-0.25, -0.2) is 0 Å². The molecule has 0 aliphatic carbocycles. The van der Waals surface area contributed by atoms with Crippen LogP contribution in [-0.4, -0.2) is 38.1 Å². The van der Waals surface area contributed by atoms with Crippen molar-refractivity contribution in [3.8, 4) is 0 Å². The lowest BCUT2D eigenvalue weighted by Gasteiger charge is -2.20. The molecule has 3 nitrogen and oxygen atoms in total. The zero-order chi connectivity index (χ0) is 17.7. The molecule has 0 aliphatic rings. The Balaban J connectivity index is 4.06. The molecule has 6 heteroatoms. The number of hydrogen-bond donors (Lipinski definition) is 2. The van der Waals surface area contributed by atoms with E-state index in [1.165, 1.54) is 0 Å². The van der Waals surface area contributed by atoms with E-state index in [2.05, 4.69) is 24.2 Å². The van der Waals surface area contributed by atoms with Crippen molar-refractivity contribution in [2.75, 3.05) is 13.6 Å². The van der Waals surface area contributed by atoms with Gasteiger partial charge in [0.25, 0.3) is 0 Å². The first kappa shape index (κ1) is 22.1. The summed E-state index contributed by atoms with van der Waals surface area (Å²) in [5.74, 6) is 0.286. The molecule has 0 rings (SSSR count). The van der Waals surface area contributed by atoms with Gasteiger partial charge in [-0.15, -0.1) is 0 Å². The third-order valence-corrected chi connectivity index (χ3v) is 4.10. The Morgan fingerprint density at radius 2 is 1.83 bits per heavy atom. The molecule has 0 aromatic rings. The van der Waals surface area contributed by atoms with Crippen LogP contribution < -0.4 is 11.1 Å². The van der Waals surface area contributed by atoms with Gasteiger partial charge in [-0.2, -0.15) is 13.2 Å². The van der Waals surface area contributed by atoms with E-state index in [-0.39, 0.29) is 12.0 Å². The molecule has 0 aromatic heterocycles. The van der Waals surface area contributed by atoms with Crippen molar-refractivity contribution in [1.29, 1.82) is 0 Å². The highest BCUT2D eigenvalue weighted by molar-refractivity contribution is 5.58. The number of rotatable bonds is 12. The molecule has 3 atom stereocenters. The number of alkyl halides is 3. The van der Waals surface area contributed by atoms with E-state index in [0.717, 1.165) is 38.3 Å². The van der Waals surface area contributed by atoms with Crippen LogP contribution in [0.1, 0.15) is 52.4 Å². The van der Waals surface area contributed by atoms with Gasteiger partial charge in [-0.05, 0) is 38.6 Å². The summed E-state index contributed by atoms with van der Waals surface area (Å²) in [5, 5.41) is 3.22. The molecule has 0 bridgehead atoms. The van der Waals surface area contributed by atoms with E-state index in [9.17, 15) is 13.2 Å². The predicted octanol–water partition coefficient (Wildman–Crippen LogP) is 4.09. The summed E-state index contributed by atoms with van der Waals surface area (Å²) in [6, 6.07) is 0.349. The second-order valence-electron chi connectivity index (χ2n) is 5.87. The van der Waals surface area contributed by atoms with Crippen LogP contribution in [0.15, 0.2) is 17.1 Å². The van der Waals surface area contributed by atoms with Gasteiger partial charge < -0.3 is 11.1 Å². The fourth-order valence-corrected chi connectivity index (χ4v) is 2.41. The van der Waals surface area contributed by atoms with Crippen molar-refractivity contribution in [3.05, 3.63) is 12.2 Å². The number of nitrogens with two attached hydrogens (primary N) is 1. The molecule has 0 amide bonds. The summed E-state index contributed by atoms with van der Waals surface area (Å²) in [4.78, 5) is 4.42. The van der Waals surface area contributed by atoms with Crippen molar-refractivity contribution < 1.29 is 13.2 Å². The summed E-state index contributed by atoms with van der Waals surface area (Å²) in [7, 11) is 1.94. The molecular formula is C17H32F3N3. The van der Waals surface area contributed by atoms with Gasteiger partial charge in [-0.1, -0.05) is 32.4 Å². The van der Waals surface area contributed by atoms with Crippen molar-refractivity contribution in [2.24, 2.45) is 16.6 Å². The Kier molecular flexibility index (Phi) is 12.1. The van der Waals surface area contributed by atoms with Crippen molar-refractivity contribution in [1.82, 2.24) is 5.32 Å². The molecule has 0 saturated carbocycles. The van der Waals surface area contributed by atoms with Crippen molar-refractivity contribution in [2.45, 2.75) is 70.6 Å². The normalized spacial score (nSPS) is 17.0. The van der Waals surface area contributed by atoms with E-state index in [4.69, 9.17) is 5.73 Å². The number of halogens is 3. The quantitative estimate of drug-likeness (QED) is 0.417. The summed E-state index contributed by atoms with van der Waals surface area (Å²) in [5.41, 5.74) is 6.09. The van der Waals surface area contributed by atoms with Crippen molar-refractivity contribution in [3.63, 3.8) is 0 Å². The Labute approximate surface area is 138 Å². The Morgan fingerprint density at radius 1 is 1.13 bits per heavy atom. The largest absolute Gasteiger partial charge is 0.392 e. The fraction of sp³-hybridized carbons (Fsp3) is 0.824. The molecule has 0 saturated heterocycles. The predicted molar refractivity (Wildman–Crippen MR) is 91.9 cm³/mol. The number of aliphatic imine (C=N–C) groups is 1. The second-order valence-corrected chi connectivity index (χ2v) is 5.87. The topological polar surface area (TPSA) is 50.4 Å². The molecule has 0 fully saturated rings. The van der Waals surface area contributed by atoms with E-state index < -0.39 is 12.6 Å². The lowest BCUT2D eigenvalue weighted by Crippen LogP contribution is -2.29. The lowest BCUT2D eigenvalue weighted by molar-refractivity contribution is -0.125. The van der Waals surface area contributed by atoms with Crippen molar-refractivity contribution >= 4 is 6.21 Å². The zero-order valence-electron chi connectivity index (χ0n) is 14.6. The Bertz CT molecular complexity index is 336. The zero-order valence-corrected chi connectivity index (χ0v) is 14.6. The maximum Gasteiger partial charge on any atom is 0.392 e. The van der Waals surface area contributed by atoms with Crippen LogP contribution in [0.4, 0.5) is 13.2 Å². The lowest BCUT2D eigenvalue weighted by atomic mass is 9.91. The van der Waals surface area contributed by atoms with Crippen LogP contribution in [0.2, 0.25) is 0 Å². The average molecular weight is 335 g/mol.